The van der Waals surface area contributed by atoms with E-state index in [4.69, 9.17) is 9.47 Å². The Hall–Kier alpha value is -4.12. The van der Waals surface area contributed by atoms with Crippen molar-refractivity contribution >= 4 is 18.0 Å². The Morgan fingerprint density at radius 1 is 0.909 bits per heavy atom. The summed E-state index contributed by atoms with van der Waals surface area (Å²) in [5, 5.41) is 0. The fraction of sp³-hybridized carbons (Fsp3) is 0.143. The molecule has 1 amide bonds. The van der Waals surface area contributed by atoms with Crippen molar-refractivity contribution < 1.29 is 19.1 Å². The molecule has 0 spiro atoms. The second kappa shape index (κ2) is 10.0. The van der Waals surface area contributed by atoms with Crippen LogP contribution < -0.4 is 4.74 Å². The highest BCUT2D eigenvalue weighted by Gasteiger charge is 2.36. The summed E-state index contributed by atoms with van der Waals surface area (Å²) in [7, 11) is 1.33. The van der Waals surface area contributed by atoms with E-state index in [2.05, 4.69) is 0 Å². The van der Waals surface area contributed by atoms with Gasteiger partial charge in [0.25, 0.3) is 5.91 Å². The number of esters is 1. The van der Waals surface area contributed by atoms with E-state index >= 15 is 0 Å². The fourth-order valence-electron chi connectivity index (χ4n) is 3.84. The molecule has 166 valence electrons. The second-order valence-electron chi connectivity index (χ2n) is 7.69. The number of hydrogen-bond acceptors (Lipinski definition) is 4. The van der Waals surface area contributed by atoms with Crippen molar-refractivity contribution in [3.05, 3.63) is 113 Å². The molecule has 0 bridgehead atoms. The highest BCUT2D eigenvalue weighted by Crippen LogP contribution is 2.32. The van der Waals surface area contributed by atoms with Gasteiger partial charge < -0.3 is 14.4 Å². The van der Waals surface area contributed by atoms with Crippen molar-refractivity contribution in [3.8, 4) is 11.5 Å². The minimum absolute atomic E-state index is 0.210. The van der Waals surface area contributed by atoms with Gasteiger partial charge in [0, 0.05) is 12.2 Å². The van der Waals surface area contributed by atoms with E-state index in [0.717, 1.165) is 16.9 Å². The molecular weight excluding hydrogens is 414 g/mol. The van der Waals surface area contributed by atoms with E-state index in [0.29, 0.717) is 35.6 Å². The lowest BCUT2D eigenvalue weighted by molar-refractivity contribution is -0.136. The van der Waals surface area contributed by atoms with Gasteiger partial charge in [-0.25, -0.2) is 4.79 Å². The van der Waals surface area contributed by atoms with Gasteiger partial charge in [-0.1, -0.05) is 60.7 Å². The monoisotopic (exact) mass is 439 g/mol. The third-order valence-electron chi connectivity index (χ3n) is 5.52. The molecule has 1 aliphatic heterocycles. The van der Waals surface area contributed by atoms with Gasteiger partial charge in [-0.05, 0) is 54.8 Å². The molecule has 3 aromatic carbocycles. The van der Waals surface area contributed by atoms with E-state index in [9.17, 15) is 9.59 Å². The van der Waals surface area contributed by atoms with Gasteiger partial charge in [0.2, 0.25) is 0 Å². The summed E-state index contributed by atoms with van der Waals surface area (Å²) >= 11 is 0. The van der Waals surface area contributed by atoms with Crippen molar-refractivity contribution in [2.75, 3.05) is 13.7 Å². The SMILES string of the molecule is COC(=O)C1=C(C)N(CCc2ccccc2)C(=O)/C1=C\c1cccc(Oc2ccccc2)c1. The van der Waals surface area contributed by atoms with Gasteiger partial charge in [-0.15, -0.1) is 0 Å². The topological polar surface area (TPSA) is 55.8 Å². The lowest BCUT2D eigenvalue weighted by Gasteiger charge is -2.17. The number of allylic oxidation sites excluding steroid dienone is 1. The minimum Gasteiger partial charge on any atom is -0.465 e. The number of benzene rings is 3. The van der Waals surface area contributed by atoms with Crippen LogP contribution in [0.4, 0.5) is 0 Å². The van der Waals surface area contributed by atoms with E-state index in [1.54, 1.807) is 17.9 Å². The van der Waals surface area contributed by atoms with Crippen LogP contribution >= 0.6 is 0 Å². The van der Waals surface area contributed by atoms with Crippen LogP contribution in [0, 0.1) is 0 Å². The molecule has 0 fully saturated rings. The maximum atomic E-state index is 13.3. The summed E-state index contributed by atoms with van der Waals surface area (Å²) in [5.74, 6) is 0.629. The molecule has 0 aliphatic carbocycles. The number of carbonyl (C=O) groups is 2. The molecule has 3 aromatic rings. The third kappa shape index (κ3) is 5.04. The molecule has 0 aromatic heterocycles. The standard InChI is InChI=1S/C28H25NO4/c1-20-26(28(31)32-2)25(27(30)29(20)17-16-21-10-5-3-6-11-21)19-22-12-9-15-24(18-22)33-23-13-7-4-8-14-23/h3-15,18-19H,16-17H2,1-2H3/b25-19-. The number of rotatable bonds is 7. The zero-order valence-corrected chi connectivity index (χ0v) is 18.7. The van der Waals surface area contributed by atoms with Gasteiger partial charge in [0.1, 0.15) is 11.5 Å². The molecular formula is C28H25NO4. The van der Waals surface area contributed by atoms with E-state index < -0.39 is 5.97 Å². The third-order valence-corrected chi connectivity index (χ3v) is 5.52. The second-order valence-corrected chi connectivity index (χ2v) is 7.69. The number of para-hydroxylation sites is 1. The molecule has 1 heterocycles. The highest BCUT2D eigenvalue weighted by atomic mass is 16.5. The smallest absolute Gasteiger partial charge is 0.340 e. The Balaban J connectivity index is 1.62. The molecule has 5 heteroatoms. The van der Waals surface area contributed by atoms with Crippen molar-refractivity contribution in [1.82, 2.24) is 4.90 Å². The average Bonchev–Trinajstić information content (AvgIpc) is 3.07. The van der Waals surface area contributed by atoms with E-state index in [1.807, 2.05) is 84.9 Å². The number of hydrogen-bond donors (Lipinski definition) is 0. The Bertz CT molecular complexity index is 1210. The van der Waals surface area contributed by atoms with E-state index in [1.165, 1.54) is 7.11 Å². The molecule has 0 saturated heterocycles. The van der Waals surface area contributed by atoms with E-state index in [-0.39, 0.29) is 5.91 Å². The summed E-state index contributed by atoms with van der Waals surface area (Å²) in [6.45, 7) is 2.26. The summed E-state index contributed by atoms with van der Waals surface area (Å²) < 4.78 is 10.9. The molecule has 0 saturated carbocycles. The van der Waals surface area contributed by atoms with Crippen LogP contribution in [0.3, 0.4) is 0 Å². The van der Waals surface area contributed by atoms with Gasteiger partial charge in [0.05, 0.1) is 18.3 Å². The van der Waals surface area contributed by atoms with Gasteiger partial charge in [0.15, 0.2) is 0 Å². The number of methoxy groups -OCH3 is 1. The zero-order chi connectivity index (χ0) is 23.2. The first-order chi connectivity index (χ1) is 16.1. The van der Waals surface area contributed by atoms with Crippen molar-refractivity contribution in [1.29, 1.82) is 0 Å². The first-order valence-electron chi connectivity index (χ1n) is 10.8. The molecule has 0 atom stereocenters. The predicted octanol–water partition coefficient (Wildman–Crippen LogP) is 5.39. The quantitative estimate of drug-likeness (QED) is 0.366. The minimum atomic E-state index is -0.522. The van der Waals surface area contributed by atoms with Crippen LogP contribution in [0.15, 0.2) is 102 Å². The number of nitrogens with zero attached hydrogens (tertiary/aromatic N) is 1. The maximum Gasteiger partial charge on any atom is 0.340 e. The lowest BCUT2D eigenvalue weighted by Crippen LogP contribution is -2.27. The van der Waals surface area contributed by atoms with Crippen LogP contribution in [0.5, 0.6) is 11.5 Å². The largest absolute Gasteiger partial charge is 0.465 e. The molecule has 1 aliphatic rings. The molecule has 0 radical (unpaired) electrons. The Morgan fingerprint density at radius 2 is 1.58 bits per heavy atom. The fourth-order valence-corrected chi connectivity index (χ4v) is 3.84. The van der Waals surface area contributed by atoms with Gasteiger partial charge >= 0.3 is 5.97 Å². The Kier molecular flexibility index (Phi) is 6.69. The van der Waals surface area contributed by atoms with Crippen molar-refractivity contribution in [2.24, 2.45) is 0 Å². The average molecular weight is 440 g/mol. The van der Waals surface area contributed by atoms with Crippen LogP contribution in [-0.2, 0) is 20.7 Å². The van der Waals surface area contributed by atoms with Crippen LogP contribution in [0.1, 0.15) is 18.1 Å². The molecule has 0 N–H and O–H groups in total. The predicted molar refractivity (Wildman–Crippen MR) is 128 cm³/mol. The maximum absolute atomic E-state index is 13.3. The van der Waals surface area contributed by atoms with Crippen LogP contribution in [0.2, 0.25) is 0 Å². The van der Waals surface area contributed by atoms with Gasteiger partial charge in [-0.2, -0.15) is 0 Å². The molecule has 4 rings (SSSR count). The number of carbonyl (C=O) groups excluding carboxylic acids is 2. The summed E-state index contributed by atoms with van der Waals surface area (Å²) in [4.78, 5) is 27.5. The van der Waals surface area contributed by atoms with Crippen molar-refractivity contribution in [2.45, 2.75) is 13.3 Å². The number of amides is 1. The van der Waals surface area contributed by atoms with Crippen molar-refractivity contribution in [3.63, 3.8) is 0 Å². The van der Waals surface area contributed by atoms with Crippen LogP contribution in [0.25, 0.3) is 6.08 Å². The summed E-state index contributed by atoms with van der Waals surface area (Å²) in [6, 6.07) is 26.8. The zero-order valence-electron chi connectivity index (χ0n) is 18.7. The summed E-state index contributed by atoms with van der Waals surface area (Å²) in [6.07, 6.45) is 2.41. The first kappa shape index (κ1) is 22.1. The van der Waals surface area contributed by atoms with Crippen LogP contribution in [-0.4, -0.2) is 30.4 Å². The molecule has 33 heavy (non-hydrogen) atoms. The molecule has 0 unspecified atom stereocenters. The Morgan fingerprint density at radius 3 is 2.27 bits per heavy atom. The first-order valence-corrected chi connectivity index (χ1v) is 10.8. The lowest BCUT2D eigenvalue weighted by atomic mass is 10.0. The highest BCUT2D eigenvalue weighted by molar-refractivity contribution is 6.16. The molecule has 5 nitrogen and oxygen atoms in total. The summed E-state index contributed by atoms with van der Waals surface area (Å²) in [5.41, 5.74) is 3.10. The normalized spacial score (nSPS) is 14.7. The van der Waals surface area contributed by atoms with Gasteiger partial charge in [-0.3, -0.25) is 4.79 Å². The number of ether oxygens (including phenoxy) is 2. The Labute approximate surface area is 193 Å².